The number of aliphatic carboxylic acids is 1. The largest absolute Gasteiger partial charge is 0.480 e. The van der Waals surface area contributed by atoms with Gasteiger partial charge in [-0.3, -0.25) is 14.5 Å². The summed E-state index contributed by atoms with van der Waals surface area (Å²) < 4.78 is 5.70. The minimum Gasteiger partial charge on any atom is -0.480 e. The topological polar surface area (TPSA) is 70.1 Å². The van der Waals surface area contributed by atoms with Gasteiger partial charge in [0.2, 0.25) is 5.91 Å². The van der Waals surface area contributed by atoms with Gasteiger partial charge in [-0.25, -0.2) is 0 Å². The Morgan fingerprint density at radius 3 is 2.65 bits per heavy atom. The van der Waals surface area contributed by atoms with E-state index < -0.39 is 5.97 Å². The van der Waals surface area contributed by atoms with E-state index in [1.807, 2.05) is 23.1 Å². The molecule has 0 radical (unpaired) electrons. The minimum atomic E-state index is -0.862. The Morgan fingerprint density at radius 1 is 1.31 bits per heavy atom. The number of carbonyl (C=O) groups excluding carboxylic acids is 1. The van der Waals surface area contributed by atoms with Gasteiger partial charge in [0.15, 0.2) is 0 Å². The molecule has 1 aromatic rings. The Morgan fingerprint density at radius 2 is 2.00 bits per heavy atom. The lowest BCUT2D eigenvalue weighted by molar-refractivity contribution is -0.142. The van der Waals surface area contributed by atoms with Crippen molar-refractivity contribution in [2.45, 2.75) is 38.2 Å². The van der Waals surface area contributed by atoms with Crippen LogP contribution in [0, 0.1) is 0 Å². The molecule has 0 bridgehead atoms. The highest BCUT2D eigenvalue weighted by Crippen LogP contribution is 2.28. The standard InChI is InChI=1S/C20H30N2O4/c1-20(2,16-7-5-4-6-8-16)10-9-18(23)22-11-12-26-17(14-22)13-21(3)15-19(24)25/h4-8,17H,9-15H2,1-3H3,(H,24,25). The van der Waals surface area contributed by atoms with Crippen molar-refractivity contribution < 1.29 is 19.4 Å². The van der Waals surface area contributed by atoms with Crippen LogP contribution in [0.2, 0.25) is 0 Å². The molecule has 1 saturated heterocycles. The van der Waals surface area contributed by atoms with Crippen LogP contribution >= 0.6 is 0 Å². The van der Waals surface area contributed by atoms with Crippen LogP contribution in [0.15, 0.2) is 30.3 Å². The summed E-state index contributed by atoms with van der Waals surface area (Å²) in [6.45, 7) is 6.43. The number of carboxylic acid groups (broad SMARTS) is 1. The third-order valence-corrected chi connectivity index (χ3v) is 4.93. The smallest absolute Gasteiger partial charge is 0.317 e. The number of likely N-dealkylation sites (N-methyl/N-ethyl adjacent to an activating group) is 1. The molecule has 26 heavy (non-hydrogen) atoms. The molecule has 1 aliphatic heterocycles. The van der Waals surface area contributed by atoms with Crippen LogP contribution in [-0.4, -0.2) is 72.7 Å². The Balaban J connectivity index is 1.84. The summed E-state index contributed by atoms with van der Waals surface area (Å²) in [7, 11) is 1.75. The highest BCUT2D eigenvalue weighted by atomic mass is 16.5. The number of hydrogen-bond donors (Lipinski definition) is 1. The Kier molecular flexibility index (Phi) is 7.17. The van der Waals surface area contributed by atoms with Gasteiger partial charge in [-0.15, -0.1) is 0 Å². The molecular formula is C20H30N2O4. The number of rotatable bonds is 8. The fourth-order valence-corrected chi connectivity index (χ4v) is 3.31. The van der Waals surface area contributed by atoms with Crippen LogP contribution < -0.4 is 0 Å². The predicted octanol–water partition coefficient (Wildman–Crippen LogP) is 1.99. The molecule has 1 aromatic carbocycles. The van der Waals surface area contributed by atoms with Crippen LogP contribution in [0.1, 0.15) is 32.3 Å². The van der Waals surface area contributed by atoms with E-state index >= 15 is 0 Å². The van der Waals surface area contributed by atoms with Crippen LogP contribution in [0.3, 0.4) is 0 Å². The summed E-state index contributed by atoms with van der Waals surface area (Å²) in [5.41, 5.74) is 1.19. The maximum absolute atomic E-state index is 12.6. The number of hydrogen-bond acceptors (Lipinski definition) is 4. The van der Waals surface area contributed by atoms with Crippen molar-refractivity contribution >= 4 is 11.9 Å². The van der Waals surface area contributed by atoms with Gasteiger partial charge in [0.1, 0.15) is 0 Å². The maximum Gasteiger partial charge on any atom is 0.317 e. The van der Waals surface area contributed by atoms with Crippen molar-refractivity contribution in [3.63, 3.8) is 0 Å². The minimum absolute atomic E-state index is 0.0287. The molecule has 2 rings (SSSR count). The number of ether oxygens (including phenoxy) is 1. The van der Waals surface area contributed by atoms with Crippen molar-refractivity contribution in [1.29, 1.82) is 0 Å². The van der Waals surface area contributed by atoms with Crippen molar-refractivity contribution in [2.75, 3.05) is 39.8 Å². The van der Waals surface area contributed by atoms with Gasteiger partial charge in [-0.05, 0) is 24.4 Å². The Hall–Kier alpha value is -1.92. The van der Waals surface area contributed by atoms with Crippen molar-refractivity contribution in [1.82, 2.24) is 9.80 Å². The van der Waals surface area contributed by atoms with E-state index in [9.17, 15) is 9.59 Å². The molecule has 0 saturated carbocycles. The number of benzene rings is 1. The van der Waals surface area contributed by atoms with E-state index in [1.54, 1.807) is 11.9 Å². The average Bonchev–Trinajstić information content (AvgIpc) is 2.60. The fourth-order valence-electron chi connectivity index (χ4n) is 3.31. The van der Waals surface area contributed by atoms with Gasteiger partial charge in [0, 0.05) is 26.1 Å². The van der Waals surface area contributed by atoms with Crippen LogP contribution in [0.5, 0.6) is 0 Å². The van der Waals surface area contributed by atoms with Gasteiger partial charge < -0.3 is 14.7 Å². The summed E-state index contributed by atoms with van der Waals surface area (Å²) in [5.74, 6) is -0.720. The van der Waals surface area contributed by atoms with Gasteiger partial charge in [0.05, 0.1) is 19.3 Å². The normalized spacial score (nSPS) is 18.2. The van der Waals surface area contributed by atoms with E-state index in [4.69, 9.17) is 9.84 Å². The lowest BCUT2D eigenvalue weighted by Crippen LogP contribution is -2.49. The Bertz CT molecular complexity index is 603. The molecule has 0 aliphatic carbocycles. The lowest BCUT2D eigenvalue weighted by atomic mass is 9.80. The molecule has 1 aliphatic rings. The molecule has 6 nitrogen and oxygen atoms in total. The molecule has 0 spiro atoms. The molecule has 1 atom stereocenters. The van der Waals surface area contributed by atoms with E-state index in [1.165, 1.54) is 5.56 Å². The predicted molar refractivity (Wildman–Crippen MR) is 100 cm³/mol. The first kappa shape index (κ1) is 20.4. The van der Waals surface area contributed by atoms with Crippen molar-refractivity contribution in [3.05, 3.63) is 35.9 Å². The van der Waals surface area contributed by atoms with Crippen molar-refractivity contribution in [2.24, 2.45) is 0 Å². The molecule has 6 heteroatoms. The zero-order valence-corrected chi connectivity index (χ0v) is 16.0. The molecule has 1 heterocycles. The van der Waals surface area contributed by atoms with E-state index in [-0.39, 0.29) is 24.0 Å². The Labute approximate surface area is 155 Å². The van der Waals surface area contributed by atoms with E-state index in [2.05, 4.69) is 26.0 Å². The SMILES string of the molecule is CN(CC(=O)O)CC1CN(C(=O)CCC(C)(C)c2ccccc2)CCO1. The molecule has 1 amide bonds. The van der Waals surface area contributed by atoms with Gasteiger partial charge in [0.25, 0.3) is 0 Å². The lowest BCUT2D eigenvalue weighted by Gasteiger charge is -2.35. The summed E-state index contributed by atoms with van der Waals surface area (Å²) in [5, 5.41) is 8.85. The number of nitrogens with zero attached hydrogens (tertiary/aromatic N) is 2. The summed E-state index contributed by atoms with van der Waals surface area (Å²) >= 11 is 0. The monoisotopic (exact) mass is 362 g/mol. The van der Waals surface area contributed by atoms with Gasteiger partial charge >= 0.3 is 5.97 Å². The molecule has 0 aromatic heterocycles. The number of morpholine rings is 1. The zero-order valence-electron chi connectivity index (χ0n) is 16.0. The highest BCUT2D eigenvalue weighted by molar-refractivity contribution is 5.76. The molecule has 1 fully saturated rings. The third kappa shape index (κ3) is 6.11. The van der Waals surface area contributed by atoms with Crippen LogP contribution in [0.4, 0.5) is 0 Å². The summed E-state index contributed by atoms with van der Waals surface area (Å²) in [6, 6.07) is 10.3. The summed E-state index contributed by atoms with van der Waals surface area (Å²) in [4.78, 5) is 27.0. The second-order valence-corrected chi connectivity index (χ2v) is 7.67. The highest BCUT2D eigenvalue weighted by Gasteiger charge is 2.27. The van der Waals surface area contributed by atoms with Gasteiger partial charge in [-0.1, -0.05) is 44.2 Å². The maximum atomic E-state index is 12.6. The molecule has 1 N–H and O–H groups in total. The van der Waals surface area contributed by atoms with Gasteiger partial charge in [-0.2, -0.15) is 0 Å². The van der Waals surface area contributed by atoms with Crippen LogP contribution in [0.25, 0.3) is 0 Å². The quantitative estimate of drug-likeness (QED) is 0.766. The second kappa shape index (κ2) is 9.14. The number of carboxylic acids is 1. The molecular weight excluding hydrogens is 332 g/mol. The van der Waals surface area contributed by atoms with E-state index in [0.29, 0.717) is 32.7 Å². The number of carbonyl (C=O) groups is 2. The average molecular weight is 362 g/mol. The summed E-state index contributed by atoms with van der Waals surface area (Å²) in [6.07, 6.45) is 1.15. The van der Waals surface area contributed by atoms with Crippen molar-refractivity contribution in [3.8, 4) is 0 Å². The van der Waals surface area contributed by atoms with Crippen LogP contribution in [-0.2, 0) is 19.7 Å². The third-order valence-electron chi connectivity index (χ3n) is 4.93. The van der Waals surface area contributed by atoms with E-state index in [0.717, 1.165) is 6.42 Å². The first-order valence-electron chi connectivity index (χ1n) is 9.13. The number of amides is 1. The first-order valence-corrected chi connectivity index (χ1v) is 9.13. The molecule has 1 unspecified atom stereocenters. The zero-order chi connectivity index (χ0) is 19.2. The fraction of sp³-hybridized carbons (Fsp3) is 0.600. The second-order valence-electron chi connectivity index (χ2n) is 7.67. The molecule has 144 valence electrons. The first-order chi connectivity index (χ1) is 12.3.